The molecular formula is C19H21N4O5S+. The van der Waals surface area contributed by atoms with Crippen molar-refractivity contribution >= 4 is 22.9 Å². The zero-order chi connectivity index (χ0) is 20.1. The first kappa shape index (κ1) is 19.4. The van der Waals surface area contributed by atoms with Crippen LogP contribution in [0.4, 0.5) is 5.69 Å². The zero-order valence-electron chi connectivity index (χ0n) is 15.8. The van der Waals surface area contributed by atoms with E-state index in [9.17, 15) is 4.79 Å². The lowest BCUT2D eigenvalue weighted by Crippen LogP contribution is -3.12. The number of thiophene rings is 1. The predicted octanol–water partition coefficient (Wildman–Crippen LogP) is 1.20. The number of amides is 1. The van der Waals surface area contributed by atoms with Crippen molar-refractivity contribution in [2.45, 2.75) is 6.54 Å². The Kier molecular flexibility index (Phi) is 6.03. The van der Waals surface area contributed by atoms with Gasteiger partial charge in [0, 0.05) is 18.9 Å². The summed E-state index contributed by atoms with van der Waals surface area (Å²) in [5.41, 5.74) is 0.656. The van der Waals surface area contributed by atoms with Crippen molar-refractivity contribution in [1.29, 1.82) is 0 Å². The van der Waals surface area contributed by atoms with E-state index < -0.39 is 0 Å². The minimum absolute atomic E-state index is 0.132. The standard InChI is InChI=1S/C19H20N4O5S/c1-25-7-6-23(11-18-21-22-19(28-18)16-3-2-8-29-16)10-17(24)20-13-4-5-14-15(9-13)27-12-26-14/h2-5,8-9H,6-7,10-12H2,1H3,(H,20,24)/p+1. The van der Waals surface area contributed by atoms with Gasteiger partial charge < -0.3 is 28.8 Å². The summed E-state index contributed by atoms with van der Waals surface area (Å²) in [6.45, 7) is 1.99. The van der Waals surface area contributed by atoms with Crippen molar-refractivity contribution in [1.82, 2.24) is 10.2 Å². The lowest BCUT2D eigenvalue weighted by Gasteiger charge is -2.17. The van der Waals surface area contributed by atoms with Gasteiger partial charge in [0.1, 0.15) is 6.54 Å². The van der Waals surface area contributed by atoms with Crippen LogP contribution in [0.3, 0.4) is 0 Å². The first-order valence-corrected chi connectivity index (χ1v) is 9.97. The van der Waals surface area contributed by atoms with Gasteiger partial charge in [0.15, 0.2) is 24.6 Å². The largest absolute Gasteiger partial charge is 0.454 e. The van der Waals surface area contributed by atoms with Crippen LogP contribution >= 0.6 is 11.3 Å². The Morgan fingerprint density at radius 2 is 2.17 bits per heavy atom. The Morgan fingerprint density at radius 1 is 1.28 bits per heavy atom. The molecule has 1 aliphatic rings. The number of anilines is 1. The van der Waals surface area contributed by atoms with E-state index in [-0.39, 0.29) is 19.2 Å². The van der Waals surface area contributed by atoms with E-state index in [1.807, 2.05) is 17.5 Å². The first-order valence-electron chi connectivity index (χ1n) is 9.09. The Bertz CT molecular complexity index is 959. The van der Waals surface area contributed by atoms with Crippen LogP contribution in [0.15, 0.2) is 40.1 Å². The van der Waals surface area contributed by atoms with Crippen LogP contribution in [-0.4, -0.2) is 49.7 Å². The fourth-order valence-corrected chi connectivity index (χ4v) is 3.58. The summed E-state index contributed by atoms with van der Waals surface area (Å²) in [6.07, 6.45) is 0. The van der Waals surface area contributed by atoms with E-state index in [0.717, 1.165) is 9.78 Å². The SMILES string of the molecule is COCC[NH+](CC(=O)Nc1ccc2c(c1)OCO2)Cc1nnc(-c2cccs2)o1. The molecule has 1 atom stereocenters. The van der Waals surface area contributed by atoms with E-state index >= 15 is 0 Å². The topological polar surface area (TPSA) is 100 Å². The van der Waals surface area contributed by atoms with Crippen LogP contribution in [0.25, 0.3) is 10.8 Å². The molecule has 2 N–H and O–H groups in total. The van der Waals surface area contributed by atoms with Crippen LogP contribution in [-0.2, 0) is 16.1 Å². The molecule has 0 fully saturated rings. The number of nitrogens with one attached hydrogen (secondary N) is 2. The van der Waals surface area contributed by atoms with Crippen LogP contribution < -0.4 is 19.7 Å². The molecule has 1 aliphatic heterocycles. The minimum Gasteiger partial charge on any atom is -0.454 e. The third-order valence-corrected chi connectivity index (χ3v) is 5.18. The smallest absolute Gasteiger partial charge is 0.279 e. The van der Waals surface area contributed by atoms with Gasteiger partial charge in [-0.2, -0.15) is 0 Å². The highest BCUT2D eigenvalue weighted by molar-refractivity contribution is 7.13. The summed E-state index contributed by atoms with van der Waals surface area (Å²) in [7, 11) is 1.63. The molecule has 29 heavy (non-hydrogen) atoms. The Hall–Kier alpha value is -2.95. The monoisotopic (exact) mass is 417 g/mol. The summed E-state index contributed by atoms with van der Waals surface area (Å²) < 4.78 is 21.6. The maximum Gasteiger partial charge on any atom is 0.279 e. The molecule has 0 saturated carbocycles. The van der Waals surface area contributed by atoms with Crippen LogP contribution in [0.5, 0.6) is 11.5 Å². The Morgan fingerprint density at radius 3 is 3.00 bits per heavy atom. The van der Waals surface area contributed by atoms with E-state index in [2.05, 4.69) is 15.5 Å². The zero-order valence-corrected chi connectivity index (χ0v) is 16.7. The summed E-state index contributed by atoms with van der Waals surface area (Å²) in [5, 5.41) is 13.1. The first-order chi connectivity index (χ1) is 14.2. The number of rotatable bonds is 9. The van der Waals surface area contributed by atoms with Crippen molar-refractivity contribution in [2.75, 3.05) is 38.9 Å². The molecular weight excluding hydrogens is 396 g/mol. The summed E-state index contributed by atoms with van der Waals surface area (Å²) >= 11 is 1.54. The van der Waals surface area contributed by atoms with Crippen LogP contribution in [0.1, 0.15) is 5.89 Å². The minimum atomic E-state index is -0.132. The van der Waals surface area contributed by atoms with Gasteiger partial charge in [-0.25, -0.2) is 0 Å². The van der Waals surface area contributed by atoms with Gasteiger partial charge in [-0.15, -0.1) is 21.5 Å². The third kappa shape index (κ3) is 4.91. The number of nitrogens with zero attached hydrogens (tertiary/aromatic N) is 2. The fraction of sp³-hybridized carbons (Fsp3) is 0.316. The molecule has 3 aromatic rings. The number of benzene rings is 1. The van der Waals surface area contributed by atoms with Gasteiger partial charge in [0.05, 0.1) is 11.5 Å². The van der Waals surface area contributed by atoms with Crippen molar-refractivity contribution < 1.29 is 28.3 Å². The second kappa shape index (κ2) is 9.03. The number of aromatic nitrogens is 2. The van der Waals surface area contributed by atoms with E-state index in [4.69, 9.17) is 18.6 Å². The highest BCUT2D eigenvalue weighted by atomic mass is 32.1. The molecule has 4 rings (SSSR count). The number of carbonyl (C=O) groups is 1. The van der Waals surface area contributed by atoms with Gasteiger partial charge in [-0.3, -0.25) is 4.79 Å². The summed E-state index contributed by atoms with van der Waals surface area (Å²) in [5.74, 6) is 2.14. The molecule has 3 heterocycles. The van der Waals surface area contributed by atoms with Crippen molar-refractivity contribution in [3.05, 3.63) is 41.6 Å². The van der Waals surface area contributed by atoms with Crippen LogP contribution in [0.2, 0.25) is 0 Å². The normalized spacial score (nSPS) is 13.4. The highest BCUT2D eigenvalue weighted by Gasteiger charge is 2.20. The molecule has 1 amide bonds. The molecule has 0 saturated heterocycles. The molecule has 0 radical (unpaired) electrons. The van der Waals surface area contributed by atoms with Gasteiger partial charge in [0.2, 0.25) is 6.79 Å². The van der Waals surface area contributed by atoms with Crippen molar-refractivity contribution in [3.8, 4) is 22.3 Å². The number of fused-ring (bicyclic) bond motifs is 1. The number of ether oxygens (including phenoxy) is 3. The average molecular weight is 417 g/mol. The maximum absolute atomic E-state index is 12.6. The van der Waals surface area contributed by atoms with E-state index in [1.54, 1.807) is 25.3 Å². The average Bonchev–Trinajstić information content (AvgIpc) is 3.46. The lowest BCUT2D eigenvalue weighted by molar-refractivity contribution is -0.907. The number of methoxy groups -OCH3 is 1. The summed E-state index contributed by atoms with van der Waals surface area (Å²) in [6, 6.07) is 9.17. The second-order valence-corrected chi connectivity index (χ2v) is 7.39. The number of carbonyl (C=O) groups excluding carboxylic acids is 1. The lowest BCUT2D eigenvalue weighted by atomic mass is 10.2. The molecule has 2 aromatic heterocycles. The van der Waals surface area contributed by atoms with Gasteiger partial charge in [-0.05, 0) is 23.6 Å². The van der Waals surface area contributed by atoms with Crippen molar-refractivity contribution in [3.63, 3.8) is 0 Å². The molecule has 9 nitrogen and oxygen atoms in total. The predicted molar refractivity (Wildman–Crippen MR) is 105 cm³/mol. The second-order valence-electron chi connectivity index (χ2n) is 6.44. The molecule has 0 aliphatic carbocycles. The van der Waals surface area contributed by atoms with Gasteiger partial charge >= 0.3 is 0 Å². The summed E-state index contributed by atoms with van der Waals surface area (Å²) in [4.78, 5) is 14.4. The van der Waals surface area contributed by atoms with E-state index in [1.165, 1.54) is 11.3 Å². The molecule has 152 valence electrons. The third-order valence-electron chi connectivity index (χ3n) is 4.33. The number of hydrogen-bond donors (Lipinski definition) is 2. The van der Waals surface area contributed by atoms with Crippen LogP contribution in [0, 0.1) is 0 Å². The maximum atomic E-state index is 12.6. The quantitative estimate of drug-likeness (QED) is 0.540. The molecule has 0 bridgehead atoms. The fourth-order valence-electron chi connectivity index (χ4n) is 2.93. The number of quaternary nitrogens is 1. The van der Waals surface area contributed by atoms with E-state index in [0.29, 0.717) is 48.7 Å². The Labute approximate surface area is 171 Å². The van der Waals surface area contributed by atoms with Crippen molar-refractivity contribution in [2.24, 2.45) is 0 Å². The Balaban J connectivity index is 1.38. The van der Waals surface area contributed by atoms with Gasteiger partial charge in [0.25, 0.3) is 17.7 Å². The highest BCUT2D eigenvalue weighted by Crippen LogP contribution is 2.34. The van der Waals surface area contributed by atoms with Gasteiger partial charge in [-0.1, -0.05) is 6.07 Å². The molecule has 1 unspecified atom stereocenters. The number of hydrogen-bond acceptors (Lipinski definition) is 8. The molecule has 10 heteroatoms. The molecule has 0 spiro atoms. The molecule has 1 aromatic carbocycles.